The molecule has 3 aromatic heterocycles. The zero-order valence-electron chi connectivity index (χ0n) is 51.6. The Kier molecular flexibility index (Phi) is 13.9. The number of rotatable bonds is 7. The highest BCUT2D eigenvalue weighted by Crippen LogP contribution is 2.46. The summed E-state index contributed by atoms with van der Waals surface area (Å²) in [4.78, 5) is 31.8. The second-order valence-electron chi connectivity index (χ2n) is 27.0. The van der Waals surface area contributed by atoms with E-state index in [-0.39, 0.29) is 21.7 Å². The van der Waals surface area contributed by atoms with Gasteiger partial charge < -0.3 is 9.13 Å². The van der Waals surface area contributed by atoms with Crippen molar-refractivity contribution in [3.63, 3.8) is 0 Å². The molecular formula is C78H64N10. The number of fused-ring (bicyclic) bond motifs is 6. The van der Waals surface area contributed by atoms with Gasteiger partial charge in [0.05, 0.1) is 71.4 Å². The number of nitriles is 1. The minimum absolute atomic E-state index is 0.189. The van der Waals surface area contributed by atoms with E-state index >= 15 is 0 Å². The third kappa shape index (κ3) is 10.4. The normalized spacial score (nSPS) is 12.0. The molecule has 0 fully saturated rings. The van der Waals surface area contributed by atoms with Gasteiger partial charge in [0.25, 0.3) is 0 Å². The Hall–Kier alpha value is -11.0. The Morgan fingerprint density at radius 2 is 0.693 bits per heavy atom. The molecule has 0 aliphatic carbocycles. The van der Waals surface area contributed by atoms with E-state index in [1.54, 1.807) is 0 Å². The first-order valence-corrected chi connectivity index (χ1v) is 29.4. The highest BCUT2D eigenvalue weighted by molar-refractivity contribution is 6.13. The quantitative estimate of drug-likeness (QED) is 0.149. The van der Waals surface area contributed by atoms with Gasteiger partial charge in [-0.3, -0.25) is 0 Å². The van der Waals surface area contributed by atoms with Gasteiger partial charge in [0.2, 0.25) is 0 Å². The fraction of sp³-hybridized carbons (Fsp3) is 0.205. The summed E-state index contributed by atoms with van der Waals surface area (Å²) in [6.45, 7) is 58.9. The maximum absolute atomic E-state index is 10.3. The smallest absolute Gasteiger partial charge is 0.188 e. The summed E-state index contributed by atoms with van der Waals surface area (Å²) in [6.07, 6.45) is 0. The van der Waals surface area contributed by atoms with Crippen LogP contribution in [0.5, 0.6) is 0 Å². The van der Waals surface area contributed by atoms with E-state index in [2.05, 4.69) is 190 Å². The first kappa shape index (κ1) is 57.5. The lowest BCUT2D eigenvalue weighted by Gasteiger charge is -2.26. The van der Waals surface area contributed by atoms with Crippen LogP contribution in [0.3, 0.4) is 0 Å². The summed E-state index contributed by atoms with van der Waals surface area (Å²) in [5.74, 6) is 1.56. The summed E-state index contributed by atoms with van der Waals surface area (Å²) < 4.78 is 4.45. The van der Waals surface area contributed by atoms with Gasteiger partial charge in [0.1, 0.15) is 0 Å². The standard InChI is InChI=1S/C78H64N10/c1-75(2,3)52-34-50(35-53(40-52)76(4,5)6)73-84-72(85-74(86-73)51-36-54(77(7,8)9)41-55(37-51)78(10,11)12)49-21-29-67(87-66-28-17-46(45-79)33-61(66)63-42-57(81-14)24-30-68(63)87)62(38-49)60-27-20-48(47-18-22-56(80-13)23-19-47)39-71(60)88-69-31-25-58(82-15)43-64(69)65-44-59(83-16)26-32-70(65)88/h17-44H,1-12H3. The molecule has 0 radical (unpaired) electrons. The van der Waals surface area contributed by atoms with Gasteiger partial charge in [-0.05, 0) is 174 Å². The molecule has 10 heteroatoms. The number of hydrogen-bond acceptors (Lipinski definition) is 4. The van der Waals surface area contributed by atoms with Crippen molar-refractivity contribution in [2.24, 2.45) is 0 Å². The predicted octanol–water partition coefficient (Wildman–Crippen LogP) is 21.7. The molecule has 0 saturated carbocycles. The molecule has 0 spiro atoms. The third-order valence-electron chi connectivity index (χ3n) is 16.8. The van der Waals surface area contributed by atoms with E-state index < -0.39 is 0 Å². The van der Waals surface area contributed by atoms with Gasteiger partial charge in [0.15, 0.2) is 40.2 Å². The molecule has 0 amide bonds. The fourth-order valence-electron chi connectivity index (χ4n) is 11.8. The van der Waals surface area contributed by atoms with Crippen molar-refractivity contribution < 1.29 is 0 Å². The Balaban J connectivity index is 1.23. The van der Waals surface area contributed by atoms with Crippen LogP contribution in [0, 0.1) is 37.6 Å². The van der Waals surface area contributed by atoms with E-state index in [9.17, 15) is 5.26 Å². The first-order valence-electron chi connectivity index (χ1n) is 29.4. The van der Waals surface area contributed by atoms with Crippen LogP contribution in [0.15, 0.2) is 170 Å². The number of benzene rings is 9. The van der Waals surface area contributed by atoms with Crippen LogP contribution in [-0.4, -0.2) is 24.1 Å². The zero-order chi connectivity index (χ0) is 62.4. The van der Waals surface area contributed by atoms with E-state index in [4.69, 9.17) is 41.2 Å². The third-order valence-corrected chi connectivity index (χ3v) is 16.8. The van der Waals surface area contributed by atoms with Crippen molar-refractivity contribution in [3.05, 3.63) is 243 Å². The maximum Gasteiger partial charge on any atom is 0.188 e. The van der Waals surface area contributed by atoms with Crippen LogP contribution in [-0.2, 0) is 21.7 Å². The summed E-state index contributed by atoms with van der Waals surface area (Å²) in [6, 6.07) is 59.2. The molecule has 10 nitrogen and oxygen atoms in total. The molecule has 0 atom stereocenters. The average molecular weight is 1140 g/mol. The van der Waals surface area contributed by atoms with E-state index in [1.807, 2.05) is 97.1 Å². The lowest BCUT2D eigenvalue weighted by atomic mass is 9.79. The van der Waals surface area contributed by atoms with Gasteiger partial charge in [-0.25, -0.2) is 34.3 Å². The van der Waals surface area contributed by atoms with Crippen molar-refractivity contribution in [1.29, 1.82) is 5.26 Å². The van der Waals surface area contributed by atoms with E-state index in [0.29, 0.717) is 45.8 Å². The lowest BCUT2D eigenvalue weighted by molar-refractivity contribution is 0.568. The molecule has 0 N–H and O–H groups in total. The summed E-state index contributed by atoms with van der Waals surface area (Å²) in [7, 11) is 0. The van der Waals surface area contributed by atoms with Crippen molar-refractivity contribution >= 4 is 66.4 Å². The van der Waals surface area contributed by atoms with Crippen molar-refractivity contribution in [3.8, 4) is 73.9 Å². The highest BCUT2D eigenvalue weighted by atomic mass is 15.0. The zero-order valence-corrected chi connectivity index (χ0v) is 51.6. The predicted molar refractivity (Wildman–Crippen MR) is 360 cm³/mol. The van der Waals surface area contributed by atoms with E-state index in [1.165, 1.54) is 22.3 Å². The minimum atomic E-state index is -0.189. The summed E-state index contributed by atoms with van der Waals surface area (Å²) >= 11 is 0. The Morgan fingerprint density at radius 1 is 0.330 bits per heavy atom. The molecule has 12 rings (SSSR count). The minimum Gasteiger partial charge on any atom is -0.309 e. The fourth-order valence-corrected chi connectivity index (χ4v) is 11.8. The van der Waals surface area contributed by atoms with Crippen LogP contribution in [0.1, 0.15) is 111 Å². The number of nitrogens with zero attached hydrogens (tertiary/aromatic N) is 10. The SMILES string of the molecule is [C-]#[N+]c1ccc(-c2ccc(-c3cc(-c4nc(-c5cc(C(C)(C)C)cc(C(C)(C)C)c5)nc(-c5cc(C(C)(C)C)cc(C(C)(C)C)c5)n4)ccc3-n3c4ccc(C#N)cc4c4cc([N+]#[C-])ccc43)c(-n3c4ccc([N+]#[C-])cc4c4cc([N+]#[C-])ccc43)c2)cc1. The van der Waals surface area contributed by atoms with Crippen LogP contribution in [0.4, 0.5) is 22.7 Å². The molecule has 12 aromatic rings. The average Bonchev–Trinajstić information content (AvgIpc) is 1.61. The molecule has 0 aliphatic rings. The van der Waals surface area contributed by atoms with Crippen LogP contribution < -0.4 is 0 Å². The van der Waals surface area contributed by atoms with Crippen LogP contribution in [0.25, 0.3) is 131 Å². The molecule has 426 valence electrons. The molecule has 3 heterocycles. The highest BCUT2D eigenvalue weighted by Gasteiger charge is 2.28. The Bertz CT molecular complexity index is 4820. The Labute approximate surface area is 515 Å². The monoisotopic (exact) mass is 1140 g/mol. The van der Waals surface area contributed by atoms with Gasteiger partial charge >= 0.3 is 0 Å². The van der Waals surface area contributed by atoms with Gasteiger partial charge in [0, 0.05) is 33.2 Å². The molecular weight excluding hydrogens is 1080 g/mol. The molecule has 0 saturated heterocycles. The van der Waals surface area contributed by atoms with Crippen LogP contribution in [0.2, 0.25) is 0 Å². The lowest BCUT2D eigenvalue weighted by Crippen LogP contribution is -2.17. The number of hydrogen-bond donors (Lipinski definition) is 0. The van der Waals surface area contributed by atoms with Crippen molar-refractivity contribution in [2.45, 2.75) is 105 Å². The van der Waals surface area contributed by atoms with Crippen molar-refractivity contribution in [1.82, 2.24) is 24.1 Å². The molecule has 0 aliphatic heterocycles. The Morgan fingerprint density at radius 3 is 1.10 bits per heavy atom. The molecule has 0 bridgehead atoms. The largest absolute Gasteiger partial charge is 0.309 e. The van der Waals surface area contributed by atoms with E-state index in [0.717, 1.165) is 93.9 Å². The molecule has 0 unspecified atom stereocenters. The molecule has 9 aromatic carbocycles. The van der Waals surface area contributed by atoms with Crippen molar-refractivity contribution in [2.75, 3.05) is 0 Å². The first-order chi connectivity index (χ1) is 41.8. The summed E-state index contributed by atoms with van der Waals surface area (Å²) in [5, 5.41) is 13.6. The second kappa shape index (κ2) is 21.2. The second-order valence-corrected chi connectivity index (χ2v) is 27.0. The molecule has 88 heavy (non-hydrogen) atoms. The van der Waals surface area contributed by atoms with Gasteiger partial charge in [-0.1, -0.05) is 150 Å². The maximum atomic E-state index is 10.3. The van der Waals surface area contributed by atoms with Gasteiger partial charge in [-0.2, -0.15) is 5.26 Å². The topological polar surface area (TPSA) is 89.8 Å². The summed E-state index contributed by atoms with van der Waals surface area (Å²) in [5.41, 5.74) is 17.3. The van der Waals surface area contributed by atoms with Crippen LogP contribution >= 0.6 is 0 Å². The number of aromatic nitrogens is 5. The van der Waals surface area contributed by atoms with Gasteiger partial charge in [-0.15, -0.1) is 0 Å².